The number of aromatic nitrogens is 3. The van der Waals surface area contributed by atoms with E-state index in [0.29, 0.717) is 30.8 Å². The molecule has 0 bridgehead atoms. The Balaban J connectivity index is 1.41. The second kappa shape index (κ2) is 12.5. The summed E-state index contributed by atoms with van der Waals surface area (Å²) in [5.41, 5.74) is 12.3. The first-order valence-electron chi connectivity index (χ1n) is 11.3. The fraction of sp³-hybridized carbons (Fsp3) is 0.591. The van der Waals surface area contributed by atoms with Gasteiger partial charge >= 0.3 is 5.69 Å². The average Bonchev–Trinajstić information content (AvgIpc) is 2.78. The number of aryl methyl sites for hydroxylation is 1. The Bertz CT molecular complexity index is 830. The molecule has 0 aromatic carbocycles. The van der Waals surface area contributed by atoms with Gasteiger partial charge in [0, 0.05) is 31.5 Å². The van der Waals surface area contributed by atoms with E-state index in [9.17, 15) is 4.79 Å². The van der Waals surface area contributed by atoms with Crippen LogP contribution in [-0.4, -0.2) is 58.2 Å². The van der Waals surface area contributed by atoms with Gasteiger partial charge in [0.05, 0.1) is 0 Å². The van der Waals surface area contributed by atoms with Crippen molar-refractivity contribution in [3.63, 3.8) is 0 Å². The smallest absolute Gasteiger partial charge is 0.330 e. The molecule has 9 nitrogen and oxygen atoms in total. The van der Waals surface area contributed by atoms with Crippen LogP contribution >= 0.6 is 0 Å². The van der Waals surface area contributed by atoms with Crippen LogP contribution in [0, 0.1) is 0 Å². The summed E-state index contributed by atoms with van der Waals surface area (Å²) in [6.45, 7) is 6.26. The molecule has 3 heterocycles. The minimum absolute atomic E-state index is 0.241. The number of piperidine rings is 1. The van der Waals surface area contributed by atoms with Gasteiger partial charge in [-0.15, -0.1) is 0 Å². The molecule has 6 N–H and O–H groups in total. The maximum Gasteiger partial charge on any atom is 0.349 e. The second-order valence-corrected chi connectivity index (χ2v) is 8.17. The van der Waals surface area contributed by atoms with Crippen molar-refractivity contribution in [2.24, 2.45) is 11.5 Å². The molecule has 2 aromatic heterocycles. The van der Waals surface area contributed by atoms with Gasteiger partial charge < -0.3 is 27.0 Å². The third kappa shape index (κ3) is 8.02. The van der Waals surface area contributed by atoms with Crippen molar-refractivity contribution >= 4 is 11.6 Å². The van der Waals surface area contributed by atoms with Crippen LogP contribution in [-0.2, 0) is 13.1 Å². The molecular weight excluding hydrogens is 392 g/mol. The zero-order valence-electron chi connectivity index (χ0n) is 18.3. The Hall–Kier alpha value is -2.33. The molecule has 0 unspecified atom stereocenters. The fourth-order valence-electron chi connectivity index (χ4n) is 3.66. The van der Waals surface area contributed by atoms with Crippen molar-refractivity contribution in [3.05, 3.63) is 46.6 Å². The molecule has 2 aromatic rings. The highest BCUT2D eigenvalue weighted by atomic mass is 16.1. The van der Waals surface area contributed by atoms with Crippen LogP contribution < -0.4 is 27.8 Å². The van der Waals surface area contributed by atoms with E-state index in [0.717, 1.165) is 70.4 Å². The number of likely N-dealkylation sites (tertiary alicyclic amines) is 1. The summed E-state index contributed by atoms with van der Waals surface area (Å²) >= 11 is 0. The van der Waals surface area contributed by atoms with E-state index in [1.54, 1.807) is 10.8 Å². The number of hydrogen-bond donors (Lipinski definition) is 4. The number of unbranched alkanes of at least 4 members (excludes halogenated alkanes) is 1. The van der Waals surface area contributed by atoms with E-state index in [4.69, 9.17) is 11.5 Å². The molecule has 0 amide bonds. The first-order chi connectivity index (χ1) is 15.1. The first kappa shape index (κ1) is 23.3. The van der Waals surface area contributed by atoms with Crippen LogP contribution in [0.5, 0.6) is 0 Å². The zero-order valence-corrected chi connectivity index (χ0v) is 18.3. The molecule has 0 saturated carbocycles. The number of pyridine rings is 1. The van der Waals surface area contributed by atoms with E-state index >= 15 is 0 Å². The number of hydrogen-bond acceptors (Lipinski definition) is 8. The molecule has 9 heteroatoms. The van der Waals surface area contributed by atoms with Gasteiger partial charge in [0.1, 0.15) is 11.6 Å². The lowest BCUT2D eigenvalue weighted by Gasteiger charge is -2.29. The number of anilines is 2. The highest BCUT2D eigenvalue weighted by Gasteiger charge is 2.15. The summed E-state index contributed by atoms with van der Waals surface area (Å²) in [5.74, 6) is 1.17. The van der Waals surface area contributed by atoms with Gasteiger partial charge in [-0.25, -0.2) is 9.78 Å². The predicted octanol–water partition coefficient (Wildman–Crippen LogP) is 1.02. The molecular formula is C22H36N8O. The van der Waals surface area contributed by atoms with Crippen LogP contribution in [0.2, 0.25) is 0 Å². The molecule has 1 aliphatic heterocycles. The Morgan fingerprint density at radius 3 is 2.58 bits per heavy atom. The topological polar surface area (TPSA) is 127 Å². The average molecular weight is 429 g/mol. The maximum absolute atomic E-state index is 12.3. The number of nitrogens with one attached hydrogen (secondary N) is 2. The van der Waals surface area contributed by atoms with Crippen molar-refractivity contribution in [1.29, 1.82) is 0 Å². The van der Waals surface area contributed by atoms with Crippen molar-refractivity contribution < 1.29 is 0 Å². The fourth-order valence-corrected chi connectivity index (χ4v) is 3.66. The van der Waals surface area contributed by atoms with E-state index in [-0.39, 0.29) is 5.69 Å². The molecule has 1 fully saturated rings. The summed E-state index contributed by atoms with van der Waals surface area (Å²) in [6.07, 6.45) is 8.76. The molecule has 31 heavy (non-hydrogen) atoms. The highest BCUT2D eigenvalue weighted by molar-refractivity contribution is 5.50. The third-order valence-electron chi connectivity index (χ3n) is 5.60. The van der Waals surface area contributed by atoms with E-state index < -0.39 is 0 Å². The molecule has 0 aliphatic carbocycles. The molecule has 1 aliphatic rings. The van der Waals surface area contributed by atoms with Gasteiger partial charge in [0.2, 0.25) is 0 Å². The van der Waals surface area contributed by atoms with E-state index in [2.05, 4.69) is 25.5 Å². The van der Waals surface area contributed by atoms with Crippen molar-refractivity contribution in [2.75, 3.05) is 38.0 Å². The summed E-state index contributed by atoms with van der Waals surface area (Å²) in [7, 11) is 0. The number of nitrogens with two attached hydrogens (primary N) is 2. The van der Waals surface area contributed by atoms with Crippen LogP contribution in [0.25, 0.3) is 0 Å². The maximum atomic E-state index is 12.3. The third-order valence-corrected chi connectivity index (χ3v) is 5.60. The van der Waals surface area contributed by atoms with Crippen LogP contribution in [0.3, 0.4) is 0 Å². The van der Waals surface area contributed by atoms with Crippen LogP contribution in [0.1, 0.15) is 37.7 Å². The summed E-state index contributed by atoms with van der Waals surface area (Å²) in [5, 5.41) is 6.42. The minimum atomic E-state index is -0.241. The van der Waals surface area contributed by atoms with Crippen LogP contribution in [0.15, 0.2) is 35.4 Å². The molecule has 0 spiro atoms. The summed E-state index contributed by atoms with van der Waals surface area (Å²) < 4.78 is 1.67. The van der Waals surface area contributed by atoms with Crippen molar-refractivity contribution in [3.8, 4) is 0 Å². The normalized spacial score (nSPS) is 15.3. The van der Waals surface area contributed by atoms with Gasteiger partial charge in [-0.05, 0) is 82.5 Å². The van der Waals surface area contributed by atoms with Gasteiger partial charge in [0.25, 0.3) is 0 Å². The largest absolute Gasteiger partial charge is 0.349 e. The molecule has 0 radical (unpaired) electrons. The standard InChI is InChI=1S/C22H36N8O/c23-9-3-10-25-16-18-4-5-20(26-17-18)27-21-8-15-30(22(31)28-21)12-2-1-11-29-13-6-19(24)7-14-29/h4-5,8,15,17,19,25H,1-3,6-7,9-14,16,23-24H2,(H,26,27,28,31). The second-order valence-electron chi connectivity index (χ2n) is 8.17. The molecule has 170 valence electrons. The van der Waals surface area contributed by atoms with E-state index in [1.807, 2.05) is 24.4 Å². The number of rotatable bonds is 12. The first-order valence-corrected chi connectivity index (χ1v) is 11.3. The van der Waals surface area contributed by atoms with Crippen molar-refractivity contribution in [1.82, 2.24) is 24.8 Å². The predicted molar refractivity (Wildman–Crippen MR) is 124 cm³/mol. The Morgan fingerprint density at radius 2 is 1.87 bits per heavy atom. The summed E-state index contributed by atoms with van der Waals surface area (Å²) in [4.78, 5) is 23.3. The van der Waals surface area contributed by atoms with Crippen molar-refractivity contribution in [2.45, 2.75) is 51.2 Å². The van der Waals surface area contributed by atoms with E-state index in [1.165, 1.54) is 0 Å². The van der Waals surface area contributed by atoms with Gasteiger partial charge in [-0.1, -0.05) is 6.07 Å². The monoisotopic (exact) mass is 428 g/mol. The van der Waals surface area contributed by atoms with Gasteiger partial charge in [-0.2, -0.15) is 4.98 Å². The Kier molecular flexibility index (Phi) is 9.41. The SMILES string of the molecule is NCCCNCc1ccc(Nc2ccn(CCCCN3CCC(N)CC3)c(=O)n2)nc1. The van der Waals surface area contributed by atoms with Gasteiger partial charge in [-0.3, -0.25) is 4.57 Å². The lowest BCUT2D eigenvalue weighted by Crippen LogP contribution is -2.40. The Labute approximate surface area is 184 Å². The molecule has 3 rings (SSSR count). The molecule has 1 saturated heterocycles. The van der Waals surface area contributed by atoms with Gasteiger partial charge in [0.15, 0.2) is 0 Å². The molecule has 0 atom stereocenters. The highest BCUT2D eigenvalue weighted by Crippen LogP contribution is 2.12. The minimum Gasteiger partial charge on any atom is -0.330 e. The van der Waals surface area contributed by atoms with Crippen LogP contribution in [0.4, 0.5) is 11.6 Å². The lowest BCUT2D eigenvalue weighted by atomic mass is 10.1. The Morgan fingerprint density at radius 1 is 1.06 bits per heavy atom. The summed E-state index contributed by atoms with van der Waals surface area (Å²) in [6, 6.07) is 6.07. The lowest BCUT2D eigenvalue weighted by molar-refractivity contribution is 0.208. The quantitative estimate of drug-likeness (QED) is 0.369. The zero-order chi connectivity index (χ0) is 21.9. The number of nitrogens with zero attached hydrogens (tertiary/aromatic N) is 4.